The van der Waals surface area contributed by atoms with Crippen molar-refractivity contribution in [2.45, 2.75) is 196 Å². The number of ether oxygens (including phenoxy) is 8. The Labute approximate surface area is 647 Å². The maximum Gasteiger partial charge on any atom is 0.412 e. The van der Waals surface area contributed by atoms with Crippen LogP contribution in [-0.4, -0.2) is 218 Å². The fraction of sp³-hybridized carbons (Fsp3) is 0.507. The van der Waals surface area contributed by atoms with Crippen LogP contribution in [0.2, 0.25) is 5.02 Å². The predicted molar refractivity (Wildman–Crippen MR) is 392 cm³/mol. The van der Waals surface area contributed by atoms with Crippen molar-refractivity contribution in [3.05, 3.63) is 117 Å². The first-order valence-electron chi connectivity index (χ1n) is 36.5. The monoisotopic (exact) mass is 1590 g/mol. The van der Waals surface area contributed by atoms with Crippen molar-refractivity contribution in [2.24, 2.45) is 23.3 Å². The quantitative estimate of drug-likeness (QED) is 0.0520. The molecule has 21 N–H and O–H groups in total. The van der Waals surface area contributed by atoms with Crippen LogP contribution in [-0.2, 0) is 57.3 Å². The van der Waals surface area contributed by atoms with Gasteiger partial charge in [0, 0.05) is 53.8 Å². The van der Waals surface area contributed by atoms with Crippen LogP contribution in [0, 0.1) is 18.8 Å². The summed E-state index contributed by atoms with van der Waals surface area (Å²) < 4.78 is 49.9. The number of carbonyl (C=O) groups is 9. The van der Waals surface area contributed by atoms with Crippen LogP contribution in [0.5, 0.6) is 40.2 Å². The number of phenolic OH excluding ortho intramolecular Hbond substituents is 1. The van der Waals surface area contributed by atoms with Crippen LogP contribution < -0.4 is 72.9 Å². The maximum atomic E-state index is 16.3. The van der Waals surface area contributed by atoms with Crippen LogP contribution in [0.1, 0.15) is 137 Å². The lowest BCUT2D eigenvalue weighted by Crippen LogP contribution is -2.64. The molecule has 12 rings (SSSR count). The molecule has 0 radical (unpaired) electrons. The SMILES string of the molecule is CCCCCOCCNC(=O)Oc1cc(O)c2c(c1)[C@@H](C(=O)O)NC(=O)[C@H]1NC(=O)[C@H](NC(=O)[C@@H]3NC(=O)[C@H](CC(N)=O)NC(=O)[C@H](NC(=O)[C@@H](CC(C)C)NC)[C@H](O)c4ccc(c(C)c4)Oc4cc3cc(c4O[C@@H]3O[C@H](CO)[C@@H](O)[C@H](O)[C@H]3O[C@H]3C[C@](C)(N)[C@H](O)[C@H](C)O3)Oc3ccc(cc3Cl)[C@H]1O)[C@@H]1C=C2C(O)=CC1. The van der Waals surface area contributed by atoms with Crippen LogP contribution in [0.3, 0.4) is 0 Å². The molecule has 11 bridgehead atoms. The zero-order valence-corrected chi connectivity index (χ0v) is 62.9. The molecule has 0 unspecified atom stereocenters. The van der Waals surface area contributed by atoms with Gasteiger partial charge in [0.1, 0.15) is 89.5 Å². The van der Waals surface area contributed by atoms with E-state index in [1.807, 2.05) is 20.8 Å². The number of aryl methyl sites for hydroxylation is 1. The number of nitrogens with two attached hydrogens (primary N) is 2. The number of allylic oxidation sites excluding steroid dienone is 2. The number of benzene rings is 4. The Morgan fingerprint density at radius 1 is 0.786 bits per heavy atom. The molecular weight excluding hydrogens is 1490 g/mol. The second-order valence-electron chi connectivity index (χ2n) is 29.0. The molecule has 7 heterocycles. The van der Waals surface area contributed by atoms with E-state index in [0.717, 1.165) is 67.8 Å². The van der Waals surface area contributed by atoms with E-state index in [9.17, 15) is 69.9 Å². The van der Waals surface area contributed by atoms with Gasteiger partial charge in [0.25, 0.3) is 0 Å². The van der Waals surface area contributed by atoms with Gasteiger partial charge in [0.15, 0.2) is 29.9 Å². The summed E-state index contributed by atoms with van der Waals surface area (Å²) in [5, 5.41) is 125. The van der Waals surface area contributed by atoms with Gasteiger partial charge in [-0.3, -0.25) is 33.6 Å². The molecule has 37 heteroatoms. The summed E-state index contributed by atoms with van der Waals surface area (Å²) >= 11 is 7.14. The molecular formula is C75H95ClN10O26. The van der Waals surface area contributed by atoms with E-state index in [4.69, 9.17) is 61.0 Å². The first kappa shape index (κ1) is 84.6. The lowest BCUT2D eigenvalue weighted by atomic mass is 9.82. The van der Waals surface area contributed by atoms with Crippen molar-refractivity contribution in [3.63, 3.8) is 0 Å². The summed E-state index contributed by atoms with van der Waals surface area (Å²) in [6, 6.07) is -2.69. The summed E-state index contributed by atoms with van der Waals surface area (Å²) in [5.74, 6) is -16.6. The van der Waals surface area contributed by atoms with Gasteiger partial charge in [0.05, 0.1) is 42.9 Å². The van der Waals surface area contributed by atoms with Crippen LogP contribution in [0.15, 0.2) is 78.6 Å². The number of aromatic hydroxyl groups is 1. The number of aliphatic hydroxyl groups is 7. The zero-order valence-electron chi connectivity index (χ0n) is 62.2. The first-order chi connectivity index (χ1) is 53.1. The molecule has 19 atom stereocenters. The Kier molecular flexibility index (Phi) is 27.5. The third kappa shape index (κ3) is 19.4. The van der Waals surface area contributed by atoms with Gasteiger partial charge in [-0.15, -0.1) is 0 Å². The van der Waals surface area contributed by atoms with Crippen LogP contribution in [0.4, 0.5) is 4.79 Å². The molecule has 0 saturated carbocycles. The average molecular weight is 1590 g/mol. The highest BCUT2D eigenvalue weighted by molar-refractivity contribution is 6.32. The third-order valence-corrected chi connectivity index (χ3v) is 20.3. The number of aliphatic hydroxyl groups excluding tert-OH is 7. The molecule has 2 saturated heterocycles. The Morgan fingerprint density at radius 3 is 2.11 bits per heavy atom. The fourth-order valence-corrected chi connectivity index (χ4v) is 14.2. The number of rotatable bonds is 21. The van der Waals surface area contributed by atoms with Crippen molar-refractivity contribution in [1.29, 1.82) is 0 Å². The number of hydrogen-bond donors (Lipinski definition) is 19. The molecule has 7 aliphatic heterocycles. The topological polar surface area (TPSA) is 558 Å². The number of primary amides is 1. The Morgan fingerprint density at radius 2 is 1.46 bits per heavy atom. The Balaban J connectivity index is 1.19. The number of phenols is 1. The standard InChI is InChI=1S/C75H95ClN10O26/c1-8-9-10-18-105-19-17-80-74(104)107-38-26-40-53(45(89)27-38)39-22-34(11-14-44(39)88)54-68(98)86-58(71(101)84-56(40)72(102)103)60(92)36-13-16-47(41(76)23-36)109-49-25-37-24-48(63(49)112-73-64(62(94)61(93)50(30-87)110-73)111-52-29-75(6,78)65(95)33(5)106-52)108-46-15-12-35(21-32(46)4)59(91)57(85-66(96)42(79-7)20-31(2)3)70(100)81-43(28-51(77)90)67(97)82-55(37)69(99)83-54/h12-16,21-27,31,33-34,42-43,50,52,54-62,64-65,73,79,87-89,91-95H,8-11,17-20,28-30,78H2,1-7H3,(H2,77,90)(H,80,104)(H,81,100)(H,82,97)(H,83,99)(H,84,101)(H,85,96)(H,86,98)(H,102,103)/t33-,34-,42+,43-,50+,52-,54+,55+,56-,57+,58-,59+,60+,61+,62-,64+,65+,73-,75-/m0/s1. The van der Waals surface area contributed by atoms with E-state index in [1.165, 1.54) is 52.1 Å². The van der Waals surface area contributed by atoms with Gasteiger partial charge in [-0.05, 0) is 124 Å². The lowest BCUT2D eigenvalue weighted by Gasteiger charge is -2.47. The number of carboxylic acids is 1. The molecule has 2 fully saturated rings. The molecule has 4 aromatic rings. The van der Waals surface area contributed by atoms with Crippen molar-refractivity contribution in [1.82, 2.24) is 42.5 Å². The van der Waals surface area contributed by atoms with E-state index < -0.39 is 250 Å². The van der Waals surface area contributed by atoms with Gasteiger partial charge < -0.3 is 138 Å². The number of aliphatic carboxylic acids is 1. The summed E-state index contributed by atoms with van der Waals surface area (Å²) in [7, 11) is 1.49. The van der Waals surface area contributed by atoms with E-state index in [1.54, 1.807) is 0 Å². The van der Waals surface area contributed by atoms with Crippen molar-refractivity contribution >= 4 is 70.6 Å². The molecule has 0 aromatic heterocycles. The minimum absolute atomic E-state index is 0.0341. The number of carbonyl (C=O) groups excluding carboxylic acids is 8. The fourth-order valence-electron chi connectivity index (χ4n) is 14.0. The van der Waals surface area contributed by atoms with Crippen LogP contribution >= 0.6 is 11.6 Å². The highest BCUT2D eigenvalue weighted by Crippen LogP contribution is 2.49. The number of likely N-dealkylation sites (N-methyl/N-ethyl adjacent to an activating group) is 1. The van der Waals surface area contributed by atoms with Crippen molar-refractivity contribution < 1.29 is 127 Å². The molecule has 4 aromatic carbocycles. The summed E-state index contributed by atoms with van der Waals surface area (Å²) in [6.07, 6.45) is -15.0. The van der Waals surface area contributed by atoms with E-state index in [2.05, 4.69) is 42.5 Å². The van der Waals surface area contributed by atoms with Crippen molar-refractivity contribution in [3.8, 4) is 40.2 Å². The number of unbranched alkanes of at least 4 members (excludes halogenated alkanes) is 2. The molecule has 8 aliphatic rings. The summed E-state index contributed by atoms with van der Waals surface area (Å²) in [4.78, 5) is 132. The minimum atomic E-state index is -2.32. The smallest absolute Gasteiger partial charge is 0.412 e. The van der Waals surface area contributed by atoms with Crippen LogP contribution in [0.25, 0.3) is 5.57 Å². The van der Waals surface area contributed by atoms with E-state index in [0.29, 0.717) is 6.61 Å². The van der Waals surface area contributed by atoms with Gasteiger partial charge in [0.2, 0.25) is 53.4 Å². The lowest BCUT2D eigenvalue weighted by molar-refractivity contribution is -0.333. The third-order valence-electron chi connectivity index (χ3n) is 20.0. The molecule has 112 heavy (non-hydrogen) atoms. The first-order valence-corrected chi connectivity index (χ1v) is 36.9. The average Bonchev–Trinajstić information content (AvgIpc) is 0.767. The number of hydrogen-bond acceptors (Lipinski definition) is 27. The van der Waals surface area contributed by atoms with Crippen molar-refractivity contribution in [2.75, 3.05) is 33.4 Å². The number of nitrogens with one attached hydrogen (secondary N) is 8. The summed E-state index contributed by atoms with van der Waals surface area (Å²) in [6.45, 7) is 9.69. The maximum absolute atomic E-state index is 16.3. The molecule has 36 nitrogen and oxygen atoms in total. The number of carboxylic acid groups (broad SMARTS) is 1. The zero-order chi connectivity index (χ0) is 81.5. The molecule has 608 valence electrons. The molecule has 0 spiro atoms. The summed E-state index contributed by atoms with van der Waals surface area (Å²) in [5.41, 5.74) is 8.87. The van der Waals surface area contributed by atoms with E-state index in [-0.39, 0.29) is 60.1 Å². The van der Waals surface area contributed by atoms with Gasteiger partial charge in [-0.2, -0.15) is 0 Å². The minimum Gasteiger partial charge on any atom is -0.508 e. The van der Waals surface area contributed by atoms with Gasteiger partial charge in [-0.1, -0.05) is 63.4 Å². The highest BCUT2D eigenvalue weighted by atomic mass is 35.5. The number of halogens is 1. The Hall–Kier alpha value is -9.80. The second kappa shape index (κ2) is 36.3. The number of fused-ring (bicyclic) bond motifs is 14. The molecule has 1 aliphatic carbocycles. The normalized spacial score (nSPS) is 29.0. The van der Waals surface area contributed by atoms with Gasteiger partial charge >= 0.3 is 12.1 Å². The predicted octanol–water partition coefficient (Wildman–Crippen LogP) is 1.15. The van der Waals surface area contributed by atoms with E-state index >= 15 is 19.2 Å². The highest BCUT2D eigenvalue weighted by Gasteiger charge is 2.52. The molecule has 8 amide bonds. The number of amides is 8. The van der Waals surface area contributed by atoms with Gasteiger partial charge in [-0.25, -0.2) is 9.59 Å². The largest absolute Gasteiger partial charge is 0.508 e. The Bertz CT molecular complexity index is 4280. The second-order valence-corrected chi connectivity index (χ2v) is 29.4.